The highest BCUT2D eigenvalue weighted by Crippen LogP contribution is 2.17. The standard InChI is InChI=1S/C16H14ClNO4S/c1-10(19)18-8-13-5-6-15(23-13)14(20)9-22-16(21)11-3-2-4-12(17)7-11/h2-7H,8-9H2,1H3,(H,18,19). The highest BCUT2D eigenvalue weighted by atomic mass is 35.5. The van der Waals surface area contributed by atoms with Crippen molar-refractivity contribution in [3.05, 3.63) is 56.7 Å². The van der Waals surface area contributed by atoms with Crippen LogP contribution in [0.25, 0.3) is 0 Å². The molecule has 2 rings (SSSR count). The fourth-order valence-corrected chi connectivity index (χ4v) is 2.80. The van der Waals surface area contributed by atoms with Gasteiger partial charge in [0.1, 0.15) is 0 Å². The van der Waals surface area contributed by atoms with Gasteiger partial charge in [0.05, 0.1) is 17.0 Å². The van der Waals surface area contributed by atoms with Crippen molar-refractivity contribution in [3.8, 4) is 0 Å². The van der Waals surface area contributed by atoms with Crippen molar-refractivity contribution in [3.63, 3.8) is 0 Å². The van der Waals surface area contributed by atoms with Gasteiger partial charge in [-0.25, -0.2) is 4.79 Å². The number of hydrogen-bond donors (Lipinski definition) is 1. The molecule has 0 unspecified atom stereocenters. The van der Waals surface area contributed by atoms with E-state index in [0.29, 0.717) is 22.0 Å². The van der Waals surface area contributed by atoms with Gasteiger partial charge in [0.25, 0.3) is 0 Å². The number of rotatable bonds is 6. The number of amides is 1. The molecule has 5 nitrogen and oxygen atoms in total. The number of halogens is 1. The van der Waals surface area contributed by atoms with E-state index in [2.05, 4.69) is 5.32 Å². The van der Waals surface area contributed by atoms with E-state index in [1.807, 2.05) is 0 Å². The lowest BCUT2D eigenvalue weighted by Crippen LogP contribution is -2.18. The van der Waals surface area contributed by atoms with Crippen molar-refractivity contribution in [2.24, 2.45) is 0 Å². The monoisotopic (exact) mass is 351 g/mol. The third kappa shape index (κ3) is 5.19. The van der Waals surface area contributed by atoms with Crippen LogP contribution in [0.1, 0.15) is 31.8 Å². The van der Waals surface area contributed by atoms with Gasteiger partial charge < -0.3 is 10.1 Å². The molecular weight excluding hydrogens is 338 g/mol. The second kappa shape index (κ2) is 7.89. The number of ketones is 1. The van der Waals surface area contributed by atoms with Crippen molar-refractivity contribution in [2.75, 3.05) is 6.61 Å². The lowest BCUT2D eigenvalue weighted by Gasteiger charge is -2.03. The highest BCUT2D eigenvalue weighted by molar-refractivity contribution is 7.14. The van der Waals surface area contributed by atoms with Crippen LogP contribution in [0.3, 0.4) is 0 Å². The van der Waals surface area contributed by atoms with Gasteiger partial charge in [-0.3, -0.25) is 9.59 Å². The maximum Gasteiger partial charge on any atom is 0.338 e. The van der Waals surface area contributed by atoms with Crippen LogP contribution in [0.2, 0.25) is 5.02 Å². The van der Waals surface area contributed by atoms with Gasteiger partial charge in [-0.2, -0.15) is 0 Å². The number of esters is 1. The van der Waals surface area contributed by atoms with Crippen LogP contribution in [0.4, 0.5) is 0 Å². The molecule has 0 aliphatic rings. The number of thiophene rings is 1. The van der Waals surface area contributed by atoms with E-state index in [1.165, 1.54) is 24.3 Å². The fraction of sp³-hybridized carbons (Fsp3) is 0.188. The minimum absolute atomic E-state index is 0.137. The second-order valence-electron chi connectivity index (χ2n) is 4.69. The molecule has 23 heavy (non-hydrogen) atoms. The Bertz CT molecular complexity index is 741. The molecule has 0 spiro atoms. The first kappa shape index (κ1) is 17.2. The molecule has 1 N–H and O–H groups in total. The number of hydrogen-bond acceptors (Lipinski definition) is 5. The van der Waals surface area contributed by atoms with E-state index < -0.39 is 5.97 Å². The van der Waals surface area contributed by atoms with Crippen molar-refractivity contribution < 1.29 is 19.1 Å². The SMILES string of the molecule is CC(=O)NCc1ccc(C(=O)COC(=O)c2cccc(Cl)c2)s1. The molecule has 1 amide bonds. The summed E-state index contributed by atoms with van der Waals surface area (Å²) in [6.07, 6.45) is 0. The Hall–Kier alpha value is -2.18. The minimum atomic E-state index is -0.601. The first-order chi connectivity index (χ1) is 11.0. The fourth-order valence-electron chi connectivity index (χ4n) is 1.74. The molecule has 1 aromatic heterocycles. The molecule has 0 radical (unpaired) electrons. The van der Waals surface area contributed by atoms with Crippen molar-refractivity contribution >= 4 is 40.6 Å². The Labute approximate surface area is 142 Å². The van der Waals surface area contributed by atoms with Crippen molar-refractivity contribution in [2.45, 2.75) is 13.5 Å². The van der Waals surface area contributed by atoms with Crippen LogP contribution in [-0.2, 0) is 16.1 Å². The van der Waals surface area contributed by atoms with Crippen LogP contribution in [-0.4, -0.2) is 24.3 Å². The van der Waals surface area contributed by atoms with Crippen LogP contribution < -0.4 is 5.32 Å². The summed E-state index contributed by atoms with van der Waals surface area (Å²) in [5.41, 5.74) is 0.294. The zero-order valence-corrected chi connectivity index (χ0v) is 13.9. The molecule has 1 heterocycles. The van der Waals surface area contributed by atoms with Crippen molar-refractivity contribution in [1.29, 1.82) is 0 Å². The summed E-state index contributed by atoms with van der Waals surface area (Å²) in [6.45, 7) is 1.45. The largest absolute Gasteiger partial charge is 0.454 e. The van der Waals surface area contributed by atoms with Crippen LogP contribution in [0, 0.1) is 0 Å². The molecule has 0 saturated heterocycles. The molecule has 0 fully saturated rings. The first-order valence-corrected chi connectivity index (χ1v) is 7.94. The van der Waals surface area contributed by atoms with Gasteiger partial charge in [-0.15, -0.1) is 11.3 Å². The highest BCUT2D eigenvalue weighted by Gasteiger charge is 2.14. The molecule has 0 saturated carbocycles. The van der Waals surface area contributed by atoms with E-state index in [0.717, 1.165) is 4.88 Å². The van der Waals surface area contributed by atoms with E-state index in [9.17, 15) is 14.4 Å². The molecule has 120 valence electrons. The Morgan fingerprint density at radius 2 is 2.00 bits per heavy atom. The summed E-state index contributed by atoms with van der Waals surface area (Å²) in [4.78, 5) is 36.0. The number of carbonyl (C=O) groups is 3. The number of benzene rings is 1. The number of ether oxygens (including phenoxy) is 1. The summed E-state index contributed by atoms with van der Waals surface area (Å²) in [6, 6.07) is 9.73. The molecule has 7 heteroatoms. The Kier molecular flexibility index (Phi) is 5.90. The molecule has 0 atom stereocenters. The summed E-state index contributed by atoms with van der Waals surface area (Å²) >= 11 is 7.06. The minimum Gasteiger partial charge on any atom is -0.454 e. The molecule has 0 aliphatic heterocycles. The van der Waals surface area contributed by atoms with E-state index in [4.69, 9.17) is 16.3 Å². The van der Waals surface area contributed by atoms with Gasteiger partial charge in [0.15, 0.2) is 6.61 Å². The van der Waals surface area contributed by atoms with Gasteiger partial charge in [-0.05, 0) is 30.3 Å². The molecule has 0 aliphatic carbocycles. The number of Topliss-reactive ketones (excluding diaryl/α,β-unsaturated/α-hetero) is 1. The van der Waals surface area contributed by atoms with E-state index >= 15 is 0 Å². The predicted octanol–water partition coefficient (Wildman–Crippen LogP) is 3.08. The smallest absolute Gasteiger partial charge is 0.338 e. The lowest BCUT2D eigenvalue weighted by atomic mass is 10.2. The molecular formula is C16H14ClNO4S. The van der Waals surface area contributed by atoms with Crippen molar-refractivity contribution in [1.82, 2.24) is 5.32 Å². The third-order valence-electron chi connectivity index (χ3n) is 2.84. The Morgan fingerprint density at radius 1 is 1.22 bits per heavy atom. The van der Waals surface area contributed by atoms with Gasteiger partial charge in [0.2, 0.25) is 11.7 Å². The molecule has 1 aromatic carbocycles. The topological polar surface area (TPSA) is 72.5 Å². The van der Waals surface area contributed by atoms with Crippen LogP contribution >= 0.6 is 22.9 Å². The summed E-state index contributed by atoms with van der Waals surface area (Å²) in [5, 5.41) is 3.08. The molecule has 2 aromatic rings. The second-order valence-corrected chi connectivity index (χ2v) is 6.29. The Morgan fingerprint density at radius 3 is 2.70 bits per heavy atom. The average Bonchev–Trinajstić information content (AvgIpc) is 2.99. The lowest BCUT2D eigenvalue weighted by molar-refractivity contribution is -0.119. The van der Waals surface area contributed by atoms with Crippen LogP contribution in [0.15, 0.2) is 36.4 Å². The zero-order valence-electron chi connectivity index (χ0n) is 12.3. The normalized spacial score (nSPS) is 10.2. The maximum atomic E-state index is 12.0. The number of carbonyl (C=O) groups excluding carboxylic acids is 3. The molecule has 0 bridgehead atoms. The summed E-state index contributed by atoms with van der Waals surface area (Å²) in [5.74, 6) is -1.03. The summed E-state index contributed by atoms with van der Waals surface area (Å²) in [7, 11) is 0. The van der Waals surface area contributed by atoms with Gasteiger partial charge in [0, 0.05) is 16.8 Å². The van der Waals surface area contributed by atoms with Crippen LogP contribution in [0.5, 0.6) is 0 Å². The van der Waals surface area contributed by atoms with E-state index in [1.54, 1.807) is 30.3 Å². The quantitative estimate of drug-likeness (QED) is 0.641. The Balaban J connectivity index is 1.89. The first-order valence-electron chi connectivity index (χ1n) is 6.75. The zero-order chi connectivity index (χ0) is 16.8. The summed E-state index contributed by atoms with van der Waals surface area (Å²) < 4.78 is 5.00. The average molecular weight is 352 g/mol. The number of nitrogens with one attached hydrogen (secondary N) is 1. The predicted molar refractivity (Wildman–Crippen MR) is 87.9 cm³/mol. The maximum absolute atomic E-state index is 12.0. The van der Waals surface area contributed by atoms with Gasteiger partial charge >= 0.3 is 5.97 Å². The van der Waals surface area contributed by atoms with Gasteiger partial charge in [-0.1, -0.05) is 17.7 Å². The van der Waals surface area contributed by atoms with E-state index in [-0.39, 0.29) is 18.3 Å². The third-order valence-corrected chi connectivity index (χ3v) is 4.20.